The summed E-state index contributed by atoms with van der Waals surface area (Å²) in [5.41, 5.74) is 1.16. The van der Waals surface area contributed by atoms with Crippen LogP contribution in [0.15, 0.2) is 47.8 Å². The number of hydrogen-bond donors (Lipinski definition) is 0. The molecule has 0 fully saturated rings. The number of fused-ring (bicyclic) bond motifs is 1. The summed E-state index contributed by atoms with van der Waals surface area (Å²) in [6, 6.07) is 12.3. The first-order chi connectivity index (χ1) is 11.2. The van der Waals surface area contributed by atoms with Gasteiger partial charge in [0.05, 0.1) is 6.61 Å². The number of aromatic nitrogens is 2. The molecular formula is C17H16N2O2S2. The molecule has 0 aliphatic heterocycles. The molecule has 0 saturated carbocycles. The summed E-state index contributed by atoms with van der Waals surface area (Å²) in [6.45, 7) is 4.03. The van der Waals surface area contributed by atoms with Crippen molar-refractivity contribution in [2.75, 3.05) is 6.61 Å². The fourth-order valence-electron chi connectivity index (χ4n) is 2.15. The Labute approximate surface area is 142 Å². The lowest BCUT2D eigenvalue weighted by molar-refractivity contribution is -0.142. The number of hydrogen-bond acceptors (Lipinski definition) is 6. The van der Waals surface area contributed by atoms with Crippen LogP contribution in [0.2, 0.25) is 0 Å². The zero-order valence-corrected chi connectivity index (χ0v) is 14.5. The fourth-order valence-corrected chi connectivity index (χ4v) is 4.11. The summed E-state index contributed by atoms with van der Waals surface area (Å²) in [5, 5.41) is 1.50. The molecule has 3 rings (SSSR count). The summed E-state index contributed by atoms with van der Waals surface area (Å²) >= 11 is 3.04. The lowest BCUT2D eigenvalue weighted by Crippen LogP contribution is -2.16. The molecule has 3 aromatic rings. The smallest absolute Gasteiger partial charge is 0.319 e. The molecular weight excluding hydrogens is 328 g/mol. The zero-order chi connectivity index (χ0) is 16.2. The minimum Gasteiger partial charge on any atom is -0.465 e. The lowest BCUT2D eigenvalue weighted by Gasteiger charge is -2.09. The van der Waals surface area contributed by atoms with E-state index in [1.165, 1.54) is 11.8 Å². The van der Waals surface area contributed by atoms with Crippen LogP contribution in [0.1, 0.15) is 13.8 Å². The van der Waals surface area contributed by atoms with Crippen LogP contribution >= 0.6 is 23.1 Å². The van der Waals surface area contributed by atoms with Crippen LogP contribution in [0, 0.1) is 0 Å². The predicted molar refractivity (Wildman–Crippen MR) is 94.8 cm³/mol. The molecule has 0 bridgehead atoms. The Kier molecular flexibility index (Phi) is 4.93. The highest BCUT2D eigenvalue weighted by Gasteiger charge is 2.19. The predicted octanol–water partition coefficient (Wildman–Crippen LogP) is 4.40. The molecule has 2 aromatic heterocycles. The normalized spacial score (nSPS) is 12.3. The molecule has 6 heteroatoms. The van der Waals surface area contributed by atoms with E-state index in [4.69, 9.17) is 4.74 Å². The van der Waals surface area contributed by atoms with Crippen LogP contribution in [0.3, 0.4) is 0 Å². The largest absolute Gasteiger partial charge is 0.465 e. The van der Waals surface area contributed by atoms with Crippen molar-refractivity contribution in [3.05, 3.63) is 42.7 Å². The van der Waals surface area contributed by atoms with Crippen molar-refractivity contribution >= 4 is 39.3 Å². The quantitative estimate of drug-likeness (QED) is 0.390. The van der Waals surface area contributed by atoms with Crippen molar-refractivity contribution in [2.24, 2.45) is 0 Å². The van der Waals surface area contributed by atoms with Gasteiger partial charge in [-0.2, -0.15) is 0 Å². The maximum Gasteiger partial charge on any atom is 0.319 e. The Balaban J connectivity index is 1.93. The van der Waals surface area contributed by atoms with E-state index in [-0.39, 0.29) is 11.2 Å². The summed E-state index contributed by atoms with van der Waals surface area (Å²) in [5.74, 6) is -0.220. The number of thioether (sulfide) groups is 1. The van der Waals surface area contributed by atoms with Gasteiger partial charge in [0.15, 0.2) is 0 Å². The Morgan fingerprint density at radius 1 is 1.30 bits per heavy atom. The minimum absolute atomic E-state index is 0.220. The second kappa shape index (κ2) is 7.10. The van der Waals surface area contributed by atoms with Crippen LogP contribution in [-0.4, -0.2) is 27.8 Å². The van der Waals surface area contributed by atoms with E-state index in [0.717, 1.165) is 25.7 Å². The summed E-state index contributed by atoms with van der Waals surface area (Å²) in [4.78, 5) is 22.6. The molecule has 0 aliphatic rings. The highest BCUT2D eigenvalue weighted by atomic mass is 32.2. The third-order valence-electron chi connectivity index (χ3n) is 3.26. The van der Waals surface area contributed by atoms with Crippen molar-refractivity contribution in [3.8, 4) is 10.4 Å². The molecule has 4 nitrogen and oxygen atoms in total. The van der Waals surface area contributed by atoms with E-state index in [2.05, 4.69) is 28.2 Å². The number of carbonyl (C=O) groups is 1. The number of thiophene rings is 1. The van der Waals surface area contributed by atoms with Gasteiger partial charge in [0.1, 0.15) is 21.4 Å². The van der Waals surface area contributed by atoms with Gasteiger partial charge >= 0.3 is 5.97 Å². The first-order valence-electron chi connectivity index (χ1n) is 7.32. The molecule has 0 spiro atoms. The van der Waals surface area contributed by atoms with Gasteiger partial charge in [0.2, 0.25) is 0 Å². The minimum atomic E-state index is -0.298. The molecule has 0 N–H and O–H groups in total. The van der Waals surface area contributed by atoms with Gasteiger partial charge < -0.3 is 4.74 Å². The van der Waals surface area contributed by atoms with E-state index in [0.29, 0.717) is 6.61 Å². The van der Waals surface area contributed by atoms with Crippen LogP contribution in [0.25, 0.3) is 20.7 Å². The fraction of sp³-hybridized carbons (Fsp3) is 0.235. The van der Waals surface area contributed by atoms with Gasteiger partial charge in [-0.15, -0.1) is 11.3 Å². The first kappa shape index (κ1) is 16.0. The van der Waals surface area contributed by atoms with Gasteiger partial charge in [0, 0.05) is 10.3 Å². The van der Waals surface area contributed by atoms with E-state index < -0.39 is 0 Å². The second-order valence-corrected chi connectivity index (χ2v) is 7.25. The Bertz CT molecular complexity index is 818. The number of ether oxygens (including phenoxy) is 1. The molecule has 118 valence electrons. The highest BCUT2D eigenvalue weighted by molar-refractivity contribution is 8.00. The summed E-state index contributed by atoms with van der Waals surface area (Å²) < 4.78 is 5.06. The molecule has 1 aromatic carbocycles. The number of carbonyl (C=O) groups excluding carboxylic acids is 1. The molecule has 1 atom stereocenters. The number of esters is 1. The van der Waals surface area contributed by atoms with E-state index in [1.54, 1.807) is 17.7 Å². The summed E-state index contributed by atoms with van der Waals surface area (Å²) in [6.07, 6.45) is 1.55. The van der Waals surface area contributed by atoms with Crippen LogP contribution in [0.5, 0.6) is 0 Å². The average molecular weight is 344 g/mol. The Morgan fingerprint density at radius 2 is 2.09 bits per heavy atom. The molecule has 0 amide bonds. The van der Waals surface area contributed by atoms with Gasteiger partial charge in [0.25, 0.3) is 0 Å². The van der Waals surface area contributed by atoms with Crippen molar-refractivity contribution in [3.63, 3.8) is 0 Å². The average Bonchev–Trinajstić information content (AvgIpc) is 3.01. The first-order valence-corrected chi connectivity index (χ1v) is 9.02. The molecule has 0 radical (unpaired) electrons. The van der Waals surface area contributed by atoms with E-state index >= 15 is 0 Å². The van der Waals surface area contributed by atoms with Gasteiger partial charge in [-0.1, -0.05) is 42.1 Å². The Hall–Kier alpha value is -1.92. The Morgan fingerprint density at radius 3 is 2.83 bits per heavy atom. The SMILES string of the molecule is CCOC(=O)[C@@H](C)Sc1ncnc2sc(-c3ccccc3)cc12. The van der Waals surface area contributed by atoms with Crippen molar-refractivity contribution in [1.29, 1.82) is 0 Å². The van der Waals surface area contributed by atoms with Gasteiger partial charge in [-0.3, -0.25) is 4.79 Å². The number of rotatable bonds is 5. The molecule has 0 saturated heterocycles. The maximum absolute atomic E-state index is 11.8. The van der Waals surface area contributed by atoms with Crippen LogP contribution in [0.4, 0.5) is 0 Å². The summed E-state index contributed by atoms with van der Waals surface area (Å²) in [7, 11) is 0. The topological polar surface area (TPSA) is 52.1 Å². The van der Waals surface area contributed by atoms with Gasteiger partial charge in [-0.25, -0.2) is 9.97 Å². The van der Waals surface area contributed by atoms with Crippen molar-refractivity contribution < 1.29 is 9.53 Å². The number of nitrogens with zero attached hydrogens (tertiary/aromatic N) is 2. The zero-order valence-electron chi connectivity index (χ0n) is 12.9. The number of benzene rings is 1. The standard InChI is InChI=1S/C17H16N2O2S2/c1-3-21-17(20)11(2)22-15-13-9-14(12-7-5-4-6-8-12)23-16(13)19-10-18-15/h4-11H,3H2,1-2H3/t11-/m1/s1. The molecule has 2 heterocycles. The van der Waals surface area contributed by atoms with Crippen LogP contribution in [-0.2, 0) is 9.53 Å². The highest BCUT2D eigenvalue weighted by Crippen LogP contribution is 2.37. The van der Waals surface area contributed by atoms with E-state index in [9.17, 15) is 4.79 Å². The van der Waals surface area contributed by atoms with Crippen LogP contribution < -0.4 is 0 Å². The van der Waals surface area contributed by atoms with Crippen molar-refractivity contribution in [1.82, 2.24) is 9.97 Å². The maximum atomic E-state index is 11.8. The molecule has 0 aliphatic carbocycles. The molecule has 23 heavy (non-hydrogen) atoms. The third-order valence-corrected chi connectivity index (χ3v) is 5.44. The third kappa shape index (κ3) is 3.54. The molecule has 0 unspecified atom stereocenters. The van der Waals surface area contributed by atoms with E-state index in [1.807, 2.05) is 32.0 Å². The monoisotopic (exact) mass is 344 g/mol. The van der Waals surface area contributed by atoms with Crippen molar-refractivity contribution in [2.45, 2.75) is 24.1 Å². The van der Waals surface area contributed by atoms with Gasteiger partial charge in [-0.05, 0) is 25.5 Å². The second-order valence-electron chi connectivity index (χ2n) is 4.89. The lowest BCUT2D eigenvalue weighted by atomic mass is 10.2.